The van der Waals surface area contributed by atoms with Crippen molar-refractivity contribution in [2.75, 3.05) is 46.4 Å². The van der Waals surface area contributed by atoms with E-state index < -0.39 is 36.0 Å². The molecule has 1 saturated carbocycles. The second-order valence-electron chi connectivity index (χ2n) is 14.7. The molecule has 0 bridgehead atoms. The molecule has 0 aromatic rings. The molecule has 1 aliphatic carbocycles. The number of rotatable bonds is 9. The quantitative estimate of drug-likeness (QED) is 0.101. The van der Waals surface area contributed by atoms with E-state index in [0.29, 0.717) is 25.7 Å². The third-order valence-corrected chi connectivity index (χ3v) is 10.1. The highest BCUT2D eigenvalue weighted by Gasteiger charge is 2.37. The molecule has 2 amide bonds. The zero-order valence-corrected chi connectivity index (χ0v) is 30.9. The SMILES string of the molecule is CCCN(C)C(=O)OC[C@@H](C)/C=C/C=C(\C)[C@H]1OC(=O)C[C@@H](O)CC[C@](C)(O)[C@@H](OC(=O)N2CCN(C3CCCCCC3)CC2)/C=C/[C@@H]1C. The number of ether oxygens (including phenoxy) is 3. The minimum atomic E-state index is -1.47. The lowest BCUT2D eigenvalue weighted by Gasteiger charge is -2.40. The molecule has 1 saturated heterocycles. The second-order valence-corrected chi connectivity index (χ2v) is 14.7. The fourth-order valence-corrected chi connectivity index (χ4v) is 6.81. The van der Waals surface area contributed by atoms with Crippen LogP contribution in [0.4, 0.5) is 9.59 Å². The van der Waals surface area contributed by atoms with Gasteiger partial charge in [0.2, 0.25) is 0 Å². The maximum absolute atomic E-state index is 13.4. The summed E-state index contributed by atoms with van der Waals surface area (Å²) >= 11 is 0. The van der Waals surface area contributed by atoms with Crippen molar-refractivity contribution in [2.45, 2.75) is 129 Å². The Morgan fingerprint density at radius 2 is 1.80 bits per heavy atom. The van der Waals surface area contributed by atoms with E-state index in [2.05, 4.69) is 4.90 Å². The molecule has 2 fully saturated rings. The van der Waals surface area contributed by atoms with Gasteiger partial charge in [0.15, 0.2) is 6.10 Å². The first-order valence-corrected chi connectivity index (χ1v) is 18.5. The lowest BCUT2D eigenvalue weighted by molar-refractivity contribution is -0.151. The molecular formula is C38H63N3O8. The topological polar surface area (TPSA) is 129 Å². The second kappa shape index (κ2) is 20.1. The van der Waals surface area contributed by atoms with Crippen LogP contribution in [0.25, 0.3) is 0 Å². The Labute approximate surface area is 294 Å². The molecule has 0 aromatic carbocycles. The molecule has 3 rings (SSSR count). The molecule has 3 aliphatic rings. The number of hydrogen-bond donors (Lipinski definition) is 2. The Morgan fingerprint density at radius 1 is 1.12 bits per heavy atom. The Bertz CT molecular complexity index is 1140. The predicted octanol–water partition coefficient (Wildman–Crippen LogP) is 5.85. The number of esters is 1. The van der Waals surface area contributed by atoms with Crippen LogP contribution in [-0.4, -0.2) is 119 Å². The molecule has 278 valence electrons. The monoisotopic (exact) mass is 689 g/mol. The first kappa shape index (κ1) is 40.5. The van der Waals surface area contributed by atoms with Crippen molar-refractivity contribution >= 4 is 18.2 Å². The van der Waals surface area contributed by atoms with Crippen molar-refractivity contribution in [1.29, 1.82) is 0 Å². The Kier molecular flexibility index (Phi) is 16.6. The molecule has 2 N–H and O–H groups in total. The van der Waals surface area contributed by atoms with Gasteiger partial charge >= 0.3 is 18.2 Å². The number of cyclic esters (lactones) is 1. The molecule has 11 heteroatoms. The molecule has 6 atom stereocenters. The number of carbonyl (C=O) groups excluding carboxylic acids is 3. The number of piperazine rings is 1. The molecule has 2 aliphatic heterocycles. The lowest BCUT2D eigenvalue weighted by atomic mass is 9.89. The van der Waals surface area contributed by atoms with Crippen LogP contribution in [0.2, 0.25) is 0 Å². The fourth-order valence-electron chi connectivity index (χ4n) is 6.81. The highest BCUT2D eigenvalue weighted by atomic mass is 16.6. The summed E-state index contributed by atoms with van der Waals surface area (Å²) in [6, 6.07) is 0.587. The van der Waals surface area contributed by atoms with Crippen LogP contribution in [0.3, 0.4) is 0 Å². The van der Waals surface area contributed by atoms with Crippen molar-refractivity contribution < 1.29 is 38.8 Å². The van der Waals surface area contributed by atoms with Crippen molar-refractivity contribution in [1.82, 2.24) is 14.7 Å². The normalized spacial score (nSPS) is 30.0. The maximum atomic E-state index is 13.4. The van der Waals surface area contributed by atoms with Crippen LogP contribution < -0.4 is 0 Å². The van der Waals surface area contributed by atoms with Crippen molar-refractivity contribution in [3.05, 3.63) is 36.0 Å². The zero-order chi connectivity index (χ0) is 36.0. The maximum Gasteiger partial charge on any atom is 0.410 e. The minimum Gasteiger partial charge on any atom is -0.457 e. The summed E-state index contributed by atoms with van der Waals surface area (Å²) in [6.07, 6.45) is 14.2. The smallest absolute Gasteiger partial charge is 0.410 e. The molecule has 11 nitrogen and oxygen atoms in total. The number of hydrogen-bond acceptors (Lipinski definition) is 9. The Balaban J connectivity index is 1.68. The highest BCUT2D eigenvalue weighted by Crippen LogP contribution is 2.28. The van der Waals surface area contributed by atoms with Gasteiger partial charge in [-0.05, 0) is 57.6 Å². The number of nitrogens with zero attached hydrogens (tertiary/aromatic N) is 3. The van der Waals surface area contributed by atoms with Gasteiger partial charge in [-0.1, -0.05) is 70.8 Å². The van der Waals surface area contributed by atoms with E-state index in [1.807, 2.05) is 52.0 Å². The summed E-state index contributed by atoms with van der Waals surface area (Å²) < 4.78 is 17.3. The van der Waals surface area contributed by atoms with Gasteiger partial charge in [-0.25, -0.2) is 9.59 Å². The summed E-state index contributed by atoms with van der Waals surface area (Å²) in [4.78, 5) is 44.2. The first-order valence-electron chi connectivity index (χ1n) is 18.5. The van der Waals surface area contributed by atoms with Crippen LogP contribution in [-0.2, 0) is 19.0 Å². The molecule has 2 heterocycles. The van der Waals surface area contributed by atoms with Crippen LogP contribution in [0.5, 0.6) is 0 Å². The predicted molar refractivity (Wildman–Crippen MR) is 190 cm³/mol. The van der Waals surface area contributed by atoms with E-state index in [4.69, 9.17) is 14.2 Å². The Morgan fingerprint density at radius 3 is 2.45 bits per heavy atom. The van der Waals surface area contributed by atoms with Crippen LogP contribution in [0, 0.1) is 11.8 Å². The number of carbonyl (C=O) groups is 3. The standard InChI is InChI=1S/C38H63N3O8/c1-7-21-39(6)36(44)47-27-28(2)13-12-14-29(3)35-30(4)17-18-33(38(5,46)20-19-32(42)26-34(43)49-35)48-37(45)41-24-22-40(23-25-41)31-15-10-8-9-11-16-31/h12-14,17-18,28,30-33,35,42,46H,7-11,15-16,19-27H2,1-6H3/b13-12+,18-17+,29-14+/t28-,30-,32-,33-,35+,38-/m0/s1. The minimum absolute atomic E-state index is 0.0354. The Hall–Kier alpha value is -2.89. The van der Waals surface area contributed by atoms with E-state index in [-0.39, 0.29) is 43.8 Å². The van der Waals surface area contributed by atoms with Gasteiger partial charge in [0.1, 0.15) is 11.7 Å². The van der Waals surface area contributed by atoms with Gasteiger partial charge in [0.25, 0.3) is 0 Å². The van der Waals surface area contributed by atoms with E-state index in [9.17, 15) is 24.6 Å². The fraction of sp³-hybridized carbons (Fsp3) is 0.763. The zero-order valence-electron chi connectivity index (χ0n) is 30.9. The summed E-state index contributed by atoms with van der Waals surface area (Å²) in [7, 11) is 1.71. The number of amides is 2. The van der Waals surface area contributed by atoms with Gasteiger partial charge in [-0.2, -0.15) is 0 Å². The molecule has 0 spiro atoms. The van der Waals surface area contributed by atoms with Crippen LogP contribution in [0.15, 0.2) is 36.0 Å². The first-order chi connectivity index (χ1) is 23.3. The average molecular weight is 690 g/mol. The van der Waals surface area contributed by atoms with E-state index in [1.165, 1.54) is 38.5 Å². The van der Waals surface area contributed by atoms with Gasteiger partial charge < -0.3 is 34.2 Å². The van der Waals surface area contributed by atoms with Crippen LogP contribution in [0.1, 0.15) is 98.8 Å². The van der Waals surface area contributed by atoms with E-state index >= 15 is 0 Å². The van der Waals surface area contributed by atoms with E-state index in [1.54, 1.807) is 29.8 Å². The summed E-state index contributed by atoms with van der Waals surface area (Å²) in [6.45, 7) is 13.0. The summed E-state index contributed by atoms with van der Waals surface area (Å²) in [5.74, 6) is -0.901. The number of aliphatic hydroxyl groups is 2. The molecule has 0 aromatic heterocycles. The summed E-state index contributed by atoms with van der Waals surface area (Å²) in [5.41, 5.74) is -0.696. The average Bonchev–Trinajstić information content (AvgIpc) is 3.36. The number of aliphatic hydroxyl groups excluding tert-OH is 1. The molecule has 49 heavy (non-hydrogen) atoms. The highest BCUT2D eigenvalue weighted by molar-refractivity contribution is 5.70. The third kappa shape index (κ3) is 13.4. The molecule has 0 unspecified atom stereocenters. The number of allylic oxidation sites excluding steroid dienone is 2. The van der Waals surface area contributed by atoms with E-state index in [0.717, 1.165) is 25.1 Å². The largest absolute Gasteiger partial charge is 0.457 e. The van der Waals surface area contributed by atoms with Gasteiger partial charge in [-0.15, -0.1) is 0 Å². The van der Waals surface area contributed by atoms with Gasteiger partial charge in [-0.3, -0.25) is 9.69 Å². The van der Waals surface area contributed by atoms with Crippen molar-refractivity contribution in [2.24, 2.45) is 11.8 Å². The van der Waals surface area contributed by atoms with Crippen molar-refractivity contribution in [3.8, 4) is 0 Å². The van der Waals surface area contributed by atoms with Crippen molar-refractivity contribution in [3.63, 3.8) is 0 Å². The third-order valence-electron chi connectivity index (χ3n) is 10.1. The molecular weight excluding hydrogens is 626 g/mol. The van der Waals surface area contributed by atoms with Gasteiger partial charge in [0, 0.05) is 57.6 Å². The molecule has 0 radical (unpaired) electrons. The summed E-state index contributed by atoms with van der Waals surface area (Å²) in [5, 5.41) is 22.2. The van der Waals surface area contributed by atoms with Gasteiger partial charge in [0.05, 0.1) is 19.1 Å². The van der Waals surface area contributed by atoms with Crippen LogP contribution >= 0.6 is 0 Å². The lowest BCUT2D eigenvalue weighted by Crippen LogP contribution is -2.53.